The number of ether oxygens (including phenoxy) is 1. The van der Waals surface area contributed by atoms with Gasteiger partial charge in [0.2, 0.25) is 5.89 Å². The molecule has 0 aliphatic heterocycles. The van der Waals surface area contributed by atoms with Crippen molar-refractivity contribution in [1.29, 1.82) is 0 Å². The number of rotatable bonds is 6. The van der Waals surface area contributed by atoms with Crippen LogP contribution in [0.1, 0.15) is 37.4 Å². The molecule has 1 unspecified atom stereocenters. The average Bonchev–Trinajstić information content (AvgIpc) is 2.61. The summed E-state index contributed by atoms with van der Waals surface area (Å²) in [5, 5.41) is 3.54. The lowest BCUT2D eigenvalue weighted by molar-refractivity contribution is 0.132. The van der Waals surface area contributed by atoms with Crippen LogP contribution in [-0.4, -0.2) is 23.4 Å². The molecule has 1 rings (SSSR count). The zero-order valence-corrected chi connectivity index (χ0v) is 9.25. The molecule has 0 spiro atoms. The van der Waals surface area contributed by atoms with Crippen LogP contribution in [0.2, 0.25) is 0 Å². The number of halogens is 1. The van der Waals surface area contributed by atoms with Crippen molar-refractivity contribution in [1.82, 2.24) is 10.1 Å². The van der Waals surface area contributed by atoms with E-state index in [0.29, 0.717) is 24.7 Å². The van der Waals surface area contributed by atoms with Crippen molar-refractivity contribution in [2.75, 3.05) is 13.2 Å². The van der Waals surface area contributed by atoms with Crippen molar-refractivity contribution >= 4 is 11.6 Å². The summed E-state index contributed by atoms with van der Waals surface area (Å²) in [7, 11) is 0. The van der Waals surface area contributed by atoms with Gasteiger partial charge in [0.1, 0.15) is 0 Å². The minimum Gasteiger partial charge on any atom is -0.381 e. The Morgan fingerprint density at radius 1 is 1.50 bits per heavy atom. The van der Waals surface area contributed by atoms with E-state index in [-0.39, 0.29) is 5.38 Å². The quantitative estimate of drug-likeness (QED) is 0.543. The highest BCUT2D eigenvalue weighted by Crippen LogP contribution is 2.15. The first-order chi connectivity index (χ1) is 6.74. The molecule has 0 saturated carbocycles. The zero-order chi connectivity index (χ0) is 10.4. The molecule has 0 aliphatic rings. The highest BCUT2D eigenvalue weighted by molar-refractivity contribution is 6.20. The molecule has 0 bridgehead atoms. The Hall–Kier alpha value is -0.610. The van der Waals surface area contributed by atoms with Crippen LogP contribution >= 0.6 is 11.6 Å². The summed E-state index contributed by atoms with van der Waals surface area (Å²) in [6, 6.07) is 0. The van der Waals surface area contributed by atoms with Crippen LogP contribution in [0.25, 0.3) is 0 Å². The lowest BCUT2D eigenvalue weighted by Crippen LogP contribution is -1.99. The molecule has 0 aromatic carbocycles. The van der Waals surface area contributed by atoms with Crippen LogP contribution in [0, 0.1) is 0 Å². The minimum absolute atomic E-state index is 0.205. The predicted octanol–water partition coefficient (Wildman–Crippen LogP) is 2.34. The molecule has 0 saturated heterocycles. The van der Waals surface area contributed by atoms with Crippen molar-refractivity contribution in [3.8, 4) is 0 Å². The first-order valence-corrected chi connectivity index (χ1v) is 5.22. The fourth-order valence-electron chi connectivity index (χ4n) is 0.937. The average molecular weight is 219 g/mol. The smallest absolute Gasteiger partial charge is 0.229 e. The second kappa shape index (κ2) is 5.98. The minimum atomic E-state index is -0.205. The first-order valence-electron chi connectivity index (χ1n) is 4.78. The largest absolute Gasteiger partial charge is 0.381 e. The van der Waals surface area contributed by atoms with Gasteiger partial charge < -0.3 is 9.26 Å². The van der Waals surface area contributed by atoms with Crippen molar-refractivity contribution in [2.45, 2.75) is 32.1 Å². The van der Waals surface area contributed by atoms with Crippen LogP contribution in [-0.2, 0) is 11.2 Å². The lowest BCUT2D eigenvalue weighted by atomic mass is 10.4. The summed E-state index contributed by atoms with van der Waals surface area (Å²) >= 11 is 5.78. The predicted molar refractivity (Wildman–Crippen MR) is 53.4 cm³/mol. The monoisotopic (exact) mass is 218 g/mol. The number of alkyl halides is 1. The maximum atomic E-state index is 5.78. The fourth-order valence-corrected chi connectivity index (χ4v) is 1.03. The number of hydrogen-bond acceptors (Lipinski definition) is 4. The van der Waals surface area contributed by atoms with E-state index >= 15 is 0 Å². The summed E-state index contributed by atoms with van der Waals surface area (Å²) in [6.07, 6.45) is 1.67. The second-order valence-corrected chi connectivity index (χ2v) is 3.68. The molecule has 1 aromatic heterocycles. The van der Waals surface area contributed by atoms with Gasteiger partial charge in [-0.3, -0.25) is 0 Å². The molecule has 1 heterocycles. The summed E-state index contributed by atoms with van der Waals surface area (Å²) in [5.41, 5.74) is 0. The van der Waals surface area contributed by atoms with Crippen molar-refractivity contribution < 1.29 is 9.26 Å². The molecule has 0 N–H and O–H groups in total. The molecule has 4 nitrogen and oxygen atoms in total. The van der Waals surface area contributed by atoms with Crippen molar-refractivity contribution in [2.24, 2.45) is 0 Å². The lowest BCUT2D eigenvalue weighted by Gasteiger charge is -1.97. The van der Waals surface area contributed by atoms with Gasteiger partial charge in [-0.05, 0) is 13.3 Å². The van der Waals surface area contributed by atoms with E-state index in [0.717, 1.165) is 13.0 Å². The van der Waals surface area contributed by atoms with E-state index in [4.69, 9.17) is 20.9 Å². The number of nitrogens with zero attached hydrogens (tertiary/aromatic N) is 2. The van der Waals surface area contributed by atoms with Gasteiger partial charge in [0, 0.05) is 6.61 Å². The van der Waals surface area contributed by atoms with Crippen LogP contribution in [0.5, 0.6) is 0 Å². The third-order valence-corrected chi connectivity index (χ3v) is 1.84. The molecule has 5 heteroatoms. The molecule has 0 radical (unpaired) electrons. The SMILES string of the molecule is CCCOCCc1nc(C(C)Cl)no1. The van der Waals surface area contributed by atoms with Crippen LogP contribution < -0.4 is 0 Å². The molecule has 80 valence electrons. The Kier molecular flexibility index (Phi) is 4.90. The maximum absolute atomic E-state index is 5.78. The molecule has 0 fully saturated rings. The highest BCUT2D eigenvalue weighted by atomic mass is 35.5. The molecule has 1 atom stereocenters. The topological polar surface area (TPSA) is 48.2 Å². The summed E-state index contributed by atoms with van der Waals surface area (Å²) < 4.78 is 10.3. The van der Waals surface area contributed by atoms with Gasteiger partial charge in [0.25, 0.3) is 0 Å². The Labute approximate surface area is 88.6 Å². The van der Waals surface area contributed by atoms with Gasteiger partial charge in [0.05, 0.1) is 18.4 Å². The second-order valence-electron chi connectivity index (χ2n) is 3.02. The van der Waals surface area contributed by atoms with Gasteiger partial charge >= 0.3 is 0 Å². The number of hydrogen-bond donors (Lipinski definition) is 0. The van der Waals surface area contributed by atoms with Gasteiger partial charge in [-0.25, -0.2) is 0 Å². The normalized spacial score (nSPS) is 13.1. The Morgan fingerprint density at radius 2 is 2.29 bits per heavy atom. The standard InChI is InChI=1S/C9H15ClN2O2/c1-3-5-13-6-4-8-11-9(7(2)10)12-14-8/h7H,3-6H2,1-2H3. The van der Waals surface area contributed by atoms with Gasteiger partial charge in [-0.15, -0.1) is 11.6 Å². The van der Waals surface area contributed by atoms with Crippen LogP contribution in [0.4, 0.5) is 0 Å². The fraction of sp³-hybridized carbons (Fsp3) is 0.778. The van der Waals surface area contributed by atoms with E-state index in [9.17, 15) is 0 Å². The van der Waals surface area contributed by atoms with Gasteiger partial charge in [-0.2, -0.15) is 4.98 Å². The third-order valence-electron chi connectivity index (χ3n) is 1.65. The number of aromatic nitrogens is 2. The van der Waals surface area contributed by atoms with E-state index in [2.05, 4.69) is 17.1 Å². The summed E-state index contributed by atoms with van der Waals surface area (Å²) in [5.74, 6) is 1.13. The Bertz CT molecular complexity index is 263. The molecule has 1 aromatic rings. The zero-order valence-electron chi connectivity index (χ0n) is 8.49. The van der Waals surface area contributed by atoms with Crippen molar-refractivity contribution in [3.05, 3.63) is 11.7 Å². The Balaban J connectivity index is 2.29. The summed E-state index contributed by atoms with van der Waals surface area (Å²) in [4.78, 5) is 4.12. The van der Waals surface area contributed by atoms with E-state index in [1.54, 1.807) is 0 Å². The highest BCUT2D eigenvalue weighted by Gasteiger charge is 2.10. The van der Waals surface area contributed by atoms with Gasteiger partial charge in [-0.1, -0.05) is 12.1 Å². The molecular weight excluding hydrogens is 204 g/mol. The van der Waals surface area contributed by atoms with E-state index < -0.39 is 0 Å². The molecular formula is C9H15ClN2O2. The van der Waals surface area contributed by atoms with Crippen molar-refractivity contribution in [3.63, 3.8) is 0 Å². The molecule has 14 heavy (non-hydrogen) atoms. The Morgan fingerprint density at radius 3 is 2.86 bits per heavy atom. The van der Waals surface area contributed by atoms with Gasteiger partial charge in [0.15, 0.2) is 5.82 Å². The first kappa shape index (κ1) is 11.5. The van der Waals surface area contributed by atoms with E-state index in [1.165, 1.54) is 0 Å². The van der Waals surface area contributed by atoms with E-state index in [1.807, 2.05) is 6.92 Å². The van der Waals surface area contributed by atoms with Crippen LogP contribution in [0.15, 0.2) is 4.52 Å². The molecule has 0 aliphatic carbocycles. The third kappa shape index (κ3) is 3.64. The summed E-state index contributed by atoms with van der Waals surface area (Å²) in [6.45, 7) is 5.27. The maximum Gasteiger partial charge on any atom is 0.229 e. The van der Waals surface area contributed by atoms with Crippen LogP contribution in [0.3, 0.4) is 0 Å². The molecule has 0 amide bonds.